The third-order valence-electron chi connectivity index (χ3n) is 6.08. The van der Waals surface area contributed by atoms with Crippen LogP contribution in [0, 0.1) is 12.3 Å². The van der Waals surface area contributed by atoms with Gasteiger partial charge < -0.3 is 19.5 Å². The number of imidazole rings is 1. The lowest BCUT2D eigenvalue weighted by Crippen LogP contribution is -2.56. The monoisotopic (exact) mass is 437 g/mol. The lowest BCUT2D eigenvalue weighted by molar-refractivity contribution is -0.341. The summed E-state index contributed by atoms with van der Waals surface area (Å²) in [4.78, 5) is 12.5. The number of alkyl halides is 3. The molecule has 3 aliphatic rings. The molecule has 0 spiro atoms. The van der Waals surface area contributed by atoms with Crippen molar-refractivity contribution in [3.8, 4) is 12.3 Å². The van der Waals surface area contributed by atoms with E-state index < -0.39 is 36.0 Å². The van der Waals surface area contributed by atoms with E-state index in [4.69, 9.17) is 20.6 Å². The van der Waals surface area contributed by atoms with Crippen LogP contribution in [-0.2, 0) is 19.9 Å². The van der Waals surface area contributed by atoms with Crippen LogP contribution in [0.15, 0.2) is 12.7 Å². The molecule has 11 heteroatoms. The van der Waals surface area contributed by atoms with Gasteiger partial charge in [0, 0.05) is 6.04 Å². The van der Waals surface area contributed by atoms with E-state index in [-0.39, 0.29) is 17.2 Å². The number of anilines is 1. The Morgan fingerprint density at radius 2 is 1.90 bits per heavy atom. The van der Waals surface area contributed by atoms with Crippen molar-refractivity contribution >= 4 is 17.0 Å². The molecule has 0 radical (unpaired) electrons. The van der Waals surface area contributed by atoms with Crippen molar-refractivity contribution in [2.45, 2.75) is 81.6 Å². The first-order valence-electron chi connectivity index (χ1n) is 10.2. The Hall–Kier alpha value is -2.42. The highest BCUT2D eigenvalue weighted by molar-refractivity contribution is 5.83. The first-order chi connectivity index (χ1) is 14.7. The Morgan fingerprint density at radius 3 is 2.58 bits per heavy atom. The maximum Gasteiger partial charge on any atom is 0.440 e. The summed E-state index contributed by atoms with van der Waals surface area (Å²) in [5.74, 6) is 1.39. The van der Waals surface area contributed by atoms with Crippen LogP contribution in [0.25, 0.3) is 11.2 Å². The summed E-state index contributed by atoms with van der Waals surface area (Å²) >= 11 is 0. The fourth-order valence-corrected chi connectivity index (χ4v) is 4.78. The molecule has 0 unspecified atom stereocenters. The lowest BCUT2D eigenvalue weighted by atomic mass is 10.0. The summed E-state index contributed by atoms with van der Waals surface area (Å²) in [6, 6.07) is 0.199. The number of halogens is 3. The molecule has 2 aromatic heterocycles. The minimum atomic E-state index is -4.90. The molecule has 3 fully saturated rings. The minimum Gasteiger partial charge on any atom is -0.365 e. The maximum atomic E-state index is 14.7. The van der Waals surface area contributed by atoms with Gasteiger partial charge in [-0.05, 0) is 26.7 Å². The molecule has 4 atom stereocenters. The van der Waals surface area contributed by atoms with Crippen molar-refractivity contribution in [2.24, 2.45) is 0 Å². The molecule has 2 saturated heterocycles. The summed E-state index contributed by atoms with van der Waals surface area (Å²) in [7, 11) is 0. The summed E-state index contributed by atoms with van der Waals surface area (Å²) in [5.41, 5.74) is -2.76. The topological polar surface area (TPSA) is 83.3 Å². The van der Waals surface area contributed by atoms with Gasteiger partial charge in [0.25, 0.3) is 5.72 Å². The quantitative estimate of drug-likeness (QED) is 0.740. The van der Waals surface area contributed by atoms with Crippen LogP contribution in [0.3, 0.4) is 0 Å². The summed E-state index contributed by atoms with van der Waals surface area (Å²) in [6.07, 6.45) is 3.07. The van der Waals surface area contributed by atoms with Crippen LogP contribution >= 0.6 is 0 Å². The Bertz CT molecular complexity index is 1040. The second-order valence-corrected chi connectivity index (χ2v) is 8.55. The third-order valence-corrected chi connectivity index (χ3v) is 6.08. The highest BCUT2D eigenvalue weighted by atomic mass is 19.4. The van der Waals surface area contributed by atoms with Gasteiger partial charge in [0.15, 0.2) is 22.8 Å². The number of nitrogens with one attached hydrogen (secondary N) is 1. The molecule has 0 amide bonds. The Labute approximate surface area is 176 Å². The fourth-order valence-electron chi connectivity index (χ4n) is 4.78. The molecule has 0 aromatic carbocycles. The van der Waals surface area contributed by atoms with Crippen molar-refractivity contribution in [3.63, 3.8) is 0 Å². The molecular weight excluding hydrogens is 415 g/mol. The van der Waals surface area contributed by atoms with Crippen molar-refractivity contribution < 1.29 is 27.4 Å². The largest absolute Gasteiger partial charge is 0.440 e. The predicted molar refractivity (Wildman–Crippen MR) is 103 cm³/mol. The Balaban J connectivity index is 1.65. The van der Waals surface area contributed by atoms with E-state index in [1.807, 2.05) is 0 Å². The van der Waals surface area contributed by atoms with Gasteiger partial charge in [-0.15, -0.1) is 6.42 Å². The molecule has 0 bridgehead atoms. The van der Waals surface area contributed by atoms with E-state index in [0.29, 0.717) is 5.82 Å². The van der Waals surface area contributed by atoms with Crippen LogP contribution in [0.5, 0.6) is 0 Å². The molecule has 166 valence electrons. The molecule has 1 aliphatic carbocycles. The zero-order chi connectivity index (χ0) is 22.0. The number of terminal acetylenes is 1. The van der Waals surface area contributed by atoms with Gasteiger partial charge in [-0.1, -0.05) is 18.8 Å². The maximum absolute atomic E-state index is 14.7. The molecule has 2 aromatic rings. The smallest absolute Gasteiger partial charge is 0.365 e. The SMILES string of the molecule is C#C[C@H]1O[C@@](n2cnc3c(NC4CCCC4)ncnc32)(C(F)(F)F)[C@@H]2OC(C)(C)O[C@@H]21. The molecule has 2 aliphatic heterocycles. The number of hydrogen-bond donors (Lipinski definition) is 1. The van der Waals surface area contributed by atoms with Gasteiger partial charge >= 0.3 is 6.18 Å². The second kappa shape index (κ2) is 6.79. The minimum absolute atomic E-state index is 0.0300. The van der Waals surface area contributed by atoms with Crippen LogP contribution in [0.2, 0.25) is 0 Å². The van der Waals surface area contributed by atoms with Gasteiger partial charge in [-0.2, -0.15) is 13.2 Å². The zero-order valence-corrected chi connectivity index (χ0v) is 17.0. The van der Waals surface area contributed by atoms with Crippen LogP contribution in [0.1, 0.15) is 39.5 Å². The first kappa shape index (κ1) is 20.5. The highest BCUT2D eigenvalue weighted by Gasteiger charge is 2.75. The first-order valence-corrected chi connectivity index (χ1v) is 10.2. The van der Waals surface area contributed by atoms with E-state index >= 15 is 0 Å². The summed E-state index contributed by atoms with van der Waals surface area (Å²) in [6.45, 7) is 3.08. The lowest BCUT2D eigenvalue weighted by Gasteiger charge is -2.36. The Kier molecular flexibility index (Phi) is 4.48. The Morgan fingerprint density at radius 1 is 1.16 bits per heavy atom. The number of nitrogens with zero attached hydrogens (tertiary/aromatic N) is 4. The van der Waals surface area contributed by atoms with E-state index in [2.05, 4.69) is 26.2 Å². The van der Waals surface area contributed by atoms with Gasteiger partial charge in [0.2, 0.25) is 0 Å². The standard InChI is InChI=1S/C20H22F3N5O3/c1-4-12-14-15(31-18(2,3)30-14)19(29-12,20(21,22)23)28-10-26-13-16(24-9-25-17(13)28)27-11-7-5-6-8-11/h1,9-12,14-15H,5-8H2,2-3H3,(H,24,25,27)/t12-,14-,15-,19-/m1/s1. The van der Waals surface area contributed by atoms with Crippen molar-refractivity contribution in [3.05, 3.63) is 12.7 Å². The van der Waals surface area contributed by atoms with Crippen LogP contribution < -0.4 is 5.32 Å². The van der Waals surface area contributed by atoms with Crippen molar-refractivity contribution in [1.82, 2.24) is 19.5 Å². The van der Waals surface area contributed by atoms with Gasteiger partial charge in [0.1, 0.15) is 24.6 Å². The fraction of sp³-hybridized carbons (Fsp3) is 0.650. The predicted octanol–water partition coefficient (Wildman–Crippen LogP) is 2.95. The molecule has 1 saturated carbocycles. The average Bonchev–Trinajstić information content (AvgIpc) is 3.44. The molecule has 5 rings (SSSR count). The van der Waals surface area contributed by atoms with Crippen LogP contribution in [-0.4, -0.2) is 55.8 Å². The zero-order valence-electron chi connectivity index (χ0n) is 17.0. The van der Waals surface area contributed by atoms with E-state index in [0.717, 1.165) is 36.6 Å². The van der Waals surface area contributed by atoms with E-state index in [1.54, 1.807) is 0 Å². The van der Waals surface area contributed by atoms with Crippen molar-refractivity contribution in [2.75, 3.05) is 5.32 Å². The summed E-state index contributed by atoms with van der Waals surface area (Å²) in [5, 5.41) is 3.28. The number of fused-ring (bicyclic) bond motifs is 2. The molecule has 4 heterocycles. The number of rotatable bonds is 3. The molecule has 8 nitrogen and oxygen atoms in total. The second-order valence-electron chi connectivity index (χ2n) is 8.55. The van der Waals surface area contributed by atoms with Gasteiger partial charge in [-0.25, -0.2) is 15.0 Å². The average molecular weight is 437 g/mol. The van der Waals surface area contributed by atoms with E-state index in [1.165, 1.54) is 20.2 Å². The summed E-state index contributed by atoms with van der Waals surface area (Å²) < 4.78 is 61.8. The number of aromatic nitrogens is 4. The number of hydrogen-bond acceptors (Lipinski definition) is 7. The van der Waals surface area contributed by atoms with E-state index in [9.17, 15) is 13.2 Å². The van der Waals surface area contributed by atoms with Gasteiger partial charge in [-0.3, -0.25) is 4.57 Å². The molecule has 1 N–H and O–H groups in total. The third kappa shape index (κ3) is 3.00. The number of ether oxygens (including phenoxy) is 3. The van der Waals surface area contributed by atoms with Crippen molar-refractivity contribution in [1.29, 1.82) is 0 Å². The molecule has 31 heavy (non-hydrogen) atoms. The normalized spacial score (nSPS) is 33.0. The highest BCUT2D eigenvalue weighted by Crippen LogP contribution is 2.54. The van der Waals surface area contributed by atoms with Gasteiger partial charge in [0.05, 0.1) is 6.33 Å². The molecular formula is C20H22F3N5O3. The van der Waals surface area contributed by atoms with Crippen LogP contribution in [0.4, 0.5) is 19.0 Å².